The molecule has 4 aromatic rings. The summed E-state index contributed by atoms with van der Waals surface area (Å²) in [5.74, 6) is -0.940. The lowest BCUT2D eigenvalue weighted by Crippen LogP contribution is -2.38. The number of nitrogen functional groups attached to an aromatic ring is 1. The summed E-state index contributed by atoms with van der Waals surface area (Å²) in [6.45, 7) is 0.944. The van der Waals surface area contributed by atoms with Gasteiger partial charge in [0.25, 0.3) is 11.8 Å². The van der Waals surface area contributed by atoms with E-state index in [0.717, 1.165) is 11.1 Å². The number of nitrogens with zero attached hydrogens (tertiary/aromatic N) is 3. The van der Waals surface area contributed by atoms with E-state index in [9.17, 15) is 14.0 Å². The zero-order valence-corrected chi connectivity index (χ0v) is 19.4. The lowest BCUT2D eigenvalue weighted by molar-refractivity contribution is 0.0783. The van der Waals surface area contributed by atoms with E-state index in [1.165, 1.54) is 18.5 Å². The third kappa shape index (κ3) is 4.93. The highest BCUT2D eigenvalue weighted by Gasteiger charge is 2.29. The molecule has 0 spiro atoms. The molecule has 7 nitrogen and oxygen atoms in total. The van der Waals surface area contributed by atoms with Crippen LogP contribution in [0.5, 0.6) is 0 Å². The van der Waals surface area contributed by atoms with Crippen LogP contribution in [-0.2, 0) is 0 Å². The maximum atomic E-state index is 13.1. The lowest BCUT2D eigenvalue weighted by Gasteiger charge is -2.18. The van der Waals surface area contributed by atoms with Gasteiger partial charge in [-0.2, -0.15) is 4.39 Å². The molecule has 1 atom stereocenters. The number of aromatic nitrogens is 2. The molecule has 2 aromatic carbocycles. The number of hydrogen-bond acceptors (Lipinski definition) is 5. The topological polar surface area (TPSA) is 101 Å². The van der Waals surface area contributed by atoms with Crippen LogP contribution in [0.2, 0.25) is 0 Å². The quantitative estimate of drug-likeness (QED) is 0.417. The van der Waals surface area contributed by atoms with Crippen LogP contribution in [0.25, 0.3) is 22.3 Å². The van der Waals surface area contributed by atoms with Gasteiger partial charge in [0.05, 0.1) is 5.56 Å². The van der Waals surface area contributed by atoms with Crippen molar-refractivity contribution in [1.82, 2.24) is 20.2 Å². The maximum absolute atomic E-state index is 13.1. The Balaban J connectivity index is 1.23. The predicted molar refractivity (Wildman–Crippen MR) is 135 cm³/mol. The van der Waals surface area contributed by atoms with Crippen LogP contribution in [0.1, 0.15) is 27.1 Å². The van der Waals surface area contributed by atoms with Gasteiger partial charge in [-0.25, -0.2) is 9.97 Å². The Morgan fingerprint density at radius 3 is 2.31 bits per heavy atom. The first-order valence-electron chi connectivity index (χ1n) is 11.6. The number of nitrogens with two attached hydrogens (primary N) is 1. The molecule has 180 valence electrons. The summed E-state index contributed by atoms with van der Waals surface area (Å²) in [5.41, 5.74) is 10.1. The molecule has 5 rings (SSSR count). The number of likely N-dealkylation sites (tertiary alicyclic amines) is 1. The molecule has 0 saturated carbocycles. The molecule has 8 heteroatoms. The van der Waals surface area contributed by atoms with Gasteiger partial charge in [0.1, 0.15) is 5.82 Å². The number of rotatable bonds is 5. The number of carbonyl (C=O) groups excluding carboxylic acids is 2. The molecule has 0 radical (unpaired) electrons. The number of benzene rings is 2. The summed E-state index contributed by atoms with van der Waals surface area (Å²) in [4.78, 5) is 35.5. The van der Waals surface area contributed by atoms with Gasteiger partial charge in [-0.1, -0.05) is 42.5 Å². The zero-order valence-electron chi connectivity index (χ0n) is 19.4. The van der Waals surface area contributed by atoms with Crippen LogP contribution in [0, 0.1) is 5.95 Å². The highest BCUT2D eigenvalue weighted by molar-refractivity contribution is 6.00. The molecule has 0 bridgehead atoms. The molecule has 3 N–H and O–H groups in total. The summed E-state index contributed by atoms with van der Waals surface area (Å²) >= 11 is 0. The molecule has 0 unspecified atom stereocenters. The molecule has 2 aromatic heterocycles. The van der Waals surface area contributed by atoms with Crippen molar-refractivity contribution >= 4 is 17.6 Å². The Morgan fingerprint density at radius 2 is 1.58 bits per heavy atom. The summed E-state index contributed by atoms with van der Waals surface area (Å²) in [6.07, 6.45) is 3.52. The second kappa shape index (κ2) is 9.95. The monoisotopic (exact) mass is 481 g/mol. The lowest BCUT2D eigenvalue weighted by atomic mass is 10.0. The molecular weight excluding hydrogens is 457 g/mol. The van der Waals surface area contributed by atoms with Crippen LogP contribution >= 0.6 is 0 Å². The van der Waals surface area contributed by atoms with Gasteiger partial charge in [-0.05, 0) is 47.9 Å². The van der Waals surface area contributed by atoms with Gasteiger partial charge in [0, 0.05) is 48.2 Å². The molecular formula is C28H24FN5O2. The molecule has 2 amide bonds. The fourth-order valence-corrected chi connectivity index (χ4v) is 4.31. The first kappa shape index (κ1) is 23.2. The zero-order chi connectivity index (χ0) is 25.1. The smallest absolute Gasteiger partial charge is 0.255 e. The minimum Gasteiger partial charge on any atom is -0.383 e. The Morgan fingerprint density at radius 1 is 0.889 bits per heavy atom. The molecule has 3 heterocycles. The largest absolute Gasteiger partial charge is 0.383 e. The first-order valence-corrected chi connectivity index (χ1v) is 11.6. The summed E-state index contributed by atoms with van der Waals surface area (Å²) in [6, 6.07) is 21.7. The maximum Gasteiger partial charge on any atom is 0.255 e. The van der Waals surface area contributed by atoms with Gasteiger partial charge in [0.2, 0.25) is 5.95 Å². The summed E-state index contributed by atoms with van der Waals surface area (Å²) in [7, 11) is 0. The number of anilines is 1. The van der Waals surface area contributed by atoms with Crippen molar-refractivity contribution in [3.63, 3.8) is 0 Å². The van der Waals surface area contributed by atoms with Crippen molar-refractivity contribution in [3.05, 3.63) is 102 Å². The van der Waals surface area contributed by atoms with E-state index in [4.69, 9.17) is 5.73 Å². The van der Waals surface area contributed by atoms with E-state index in [1.807, 2.05) is 54.6 Å². The van der Waals surface area contributed by atoms with Crippen molar-refractivity contribution in [3.8, 4) is 22.3 Å². The number of amides is 2. The normalized spacial score (nSPS) is 15.0. The van der Waals surface area contributed by atoms with Crippen molar-refractivity contribution in [1.29, 1.82) is 0 Å². The van der Waals surface area contributed by atoms with Crippen LogP contribution < -0.4 is 11.1 Å². The van der Waals surface area contributed by atoms with Crippen molar-refractivity contribution in [2.45, 2.75) is 12.5 Å². The molecule has 1 aliphatic rings. The van der Waals surface area contributed by atoms with E-state index in [1.54, 1.807) is 17.0 Å². The van der Waals surface area contributed by atoms with Gasteiger partial charge >= 0.3 is 0 Å². The van der Waals surface area contributed by atoms with Gasteiger partial charge < -0.3 is 16.0 Å². The molecule has 0 aliphatic carbocycles. The minimum atomic E-state index is -0.590. The highest BCUT2D eigenvalue weighted by Crippen LogP contribution is 2.23. The van der Waals surface area contributed by atoms with Crippen LogP contribution in [0.4, 0.5) is 10.2 Å². The average Bonchev–Trinajstić information content (AvgIpc) is 3.38. The molecule has 1 saturated heterocycles. The van der Waals surface area contributed by atoms with E-state index in [2.05, 4.69) is 15.3 Å². The Kier molecular flexibility index (Phi) is 6.40. The van der Waals surface area contributed by atoms with E-state index < -0.39 is 5.95 Å². The van der Waals surface area contributed by atoms with Crippen molar-refractivity contribution in [2.75, 3.05) is 18.8 Å². The molecule has 1 aliphatic heterocycles. The average molecular weight is 482 g/mol. The highest BCUT2D eigenvalue weighted by atomic mass is 19.1. The number of halogens is 1. The SMILES string of the molecule is Nc1ncc(-c2ccc(F)nc2)cc1C(=O)N[C@@H]1CCN(C(=O)c2ccc(-c3ccccc3)cc2)C1. The number of hydrogen-bond donors (Lipinski definition) is 2. The minimum absolute atomic E-state index is 0.0710. The van der Waals surface area contributed by atoms with Gasteiger partial charge in [-0.3, -0.25) is 9.59 Å². The van der Waals surface area contributed by atoms with Crippen LogP contribution in [-0.4, -0.2) is 45.8 Å². The first-order chi connectivity index (χ1) is 17.5. The molecule has 36 heavy (non-hydrogen) atoms. The Labute approximate surface area is 207 Å². The third-order valence-electron chi connectivity index (χ3n) is 6.27. The second-order valence-corrected chi connectivity index (χ2v) is 8.68. The van der Waals surface area contributed by atoms with Crippen LogP contribution in [0.15, 0.2) is 85.2 Å². The van der Waals surface area contributed by atoms with E-state index in [0.29, 0.717) is 36.2 Å². The predicted octanol–water partition coefficient (Wildman–Crippen LogP) is 4.18. The van der Waals surface area contributed by atoms with Crippen molar-refractivity contribution in [2.24, 2.45) is 0 Å². The summed E-state index contributed by atoms with van der Waals surface area (Å²) < 4.78 is 13.1. The fourth-order valence-electron chi connectivity index (χ4n) is 4.31. The van der Waals surface area contributed by atoms with Crippen LogP contribution in [0.3, 0.4) is 0 Å². The van der Waals surface area contributed by atoms with Gasteiger partial charge in [-0.15, -0.1) is 0 Å². The fraction of sp³-hybridized carbons (Fsp3) is 0.143. The number of nitrogens with one attached hydrogen (secondary N) is 1. The summed E-state index contributed by atoms with van der Waals surface area (Å²) in [5, 5.41) is 2.96. The second-order valence-electron chi connectivity index (χ2n) is 8.68. The number of pyridine rings is 2. The van der Waals surface area contributed by atoms with E-state index in [-0.39, 0.29) is 29.2 Å². The van der Waals surface area contributed by atoms with Gasteiger partial charge in [0.15, 0.2) is 0 Å². The standard InChI is InChI=1S/C28H24FN5O2/c29-25-11-10-21(15-31-25)22-14-24(26(30)32-16-22)27(35)33-23-12-13-34(17-23)28(36)20-8-6-19(7-9-20)18-4-2-1-3-5-18/h1-11,14-16,23H,12-13,17H2,(H2,30,32)(H,33,35)/t23-/m1/s1. The molecule has 1 fully saturated rings. The van der Waals surface area contributed by atoms with E-state index >= 15 is 0 Å². The third-order valence-corrected chi connectivity index (χ3v) is 6.27. The van der Waals surface area contributed by atoms with Crippen molar-refractivity contribution < 1.29 is 14.0 Å². The number of carbonyl (C=O) groups is 2. The Hall–Kier alpha value is -4.59. The Bertz CT molecular complexity index is 1390.